The number of hydrogen-bond acceptors (Lipinski definition) is 5. The predicted molar refractivity (Wildman–Crippen MR) is 64.3 cm³/mol. The second-order valence-corrected chi connectivity index (χ2v) is 4.13. The summed E-state index contributed by atoms with van der Waals surface area (Å²) in [6, 6.07) is 1.83. The van der Waals surface area contributed by atoms with Crippen LogP contribution in [-0.2, 0) is 0 Å². The van der Waals surface area contributed by atoms with Crippen LogP contribution >= 0.6 is 15.9 Å². The van der Waals surface area contributed by atoms with Crippen LogP contribution in [0.2, 0.25) is 0 Å². The maximum absolute atomic E-state index is 13.3. The number of amidine groups is 1. The van der Waals surface area contributed by atoms with Crippen LogP contribution in [0, 0.1) is 15.9 Å². The highest BCUT2D eigenvalue weighted by Crippen LogP contribution is 2.33. The second-order valence-electron chi connectivity index (χ2n) is 3.28. The molecule has 0 aliphatic carbocycles. The summed E-state index contributed by atoms with van der Waals surface area (Å²) in [5, 5.41) is 21.9. The van der Waals surface area contributed by atoms with Gasteiger partial charge < -0.3 is 15.7 Å². The Balaban J connectivity index is 3.15. The third kappa shape index (κ3) is 3.06. The molecule has 0 saturated heterocycles. The molecule has 0 radical (unpaired) electrons. The van der Waals surface area contributed by atoms with Crippen molar-refractivity contribution in [3.8, 4) is 5.75 Å². The largest absolute Gasteiger partial charge is 0.475 e. The number of nitrogens with zero attached hydrogens (tertiary/aromatic N) is 2. The first-order chi connectivity index (χ1) is 8.36. The van der Waals surface area contributed by atoms with Crippen LogP contribution in [0.4, 0.5) is 10.1 Å². The number of halogens is 2. The Morgan fingerprint density at radius 2 is 2.33 bits per heavy atom. The summed E-state index contributed by atoms with van der Waals surface area (Å²) in [6.07, 6.45) is -0.936. The summed E-state index contributed by atoms with van der Waals surface area (Å²) >= 11 is 2.83. The lowest BCUT2D eigenvalue weighted by atomic mass is 10.2. The van der Waals surface area contributed by atoms with E-state index in [2.05, 4.69) is 21.1 Å². The van der Waals surface area contributed by atoms with Crippen LogP contribution in [-0.4, -0.2) is 22.1 Å². The molecule has 3 N–H and O–H groups in total. The standard InChI is InChI=1S/C9H9BrFN3O4/c1-4(9(12)13-15)18-8-3-6(11)5(10)2-7(8)14(16)17/h2-4,15H,1H3,(H2,12,13). The van der Waals surface area contributed by atoms with Gasteiger partial charge >= 0.3 is 5.69 Å². The zero-order chi connectivity index (χ0) is 13.9. The Bertz CT molecular complexity index is 509. The third-order valence-electron chi connectivity index (χ3n) is 2.03. The van der Waals surface area contributed by atoms with Gasteiger partial charge in [-0.15, -0.1) is 0 Å². The average molecular weight is 322 g/mol. The third-order valence-corrected chi connectivity index (χ3v) is 2.64. The van der Waals surface area contributed by atoms with E-state index in [1.54, 1.807) is 0 Å². The smallest absolute Gasteiger partial charge is 0.312 e. The Labute approximate surface area is 109 Å². The second kappa shape index (κ2) is 5.63. The van der Waals surface area contributed by atoms with E-state index in [0.717, 1.165) is 12.1 Å². The van der Waals surface area contributed by atoms with E-state index in [9.17, 15) is 14.5 Å². The molecule has 1 rings (SSSR count). The molecule has 0 saturated carbocycles. The summed E-state index contributed by atoms with van der Waals surface area (Å²) in [5.74, 6) is -1.31. The van der Waals surface area contributed by atoms with E-state index >= 15 is 0 Å². The first kappa shape index (κ1) is 14.2. The molecule has 1 aromatic rings. The van der Waals surface area contributed by atoms with Gasteiger partial charge in [0.1, 0.15) is 5.82 Å². The number of benzene rings is 1. The van der Waals surface area contributed by atoms with Crippen molar-refractivity contribution in [2.45, 2.75) is 13.0 Å². The number of nitrogens with two attached hydrogens (primary N) is 1. The molecule has 0 aromatic heterocycles. The van der Waals surface area contributed by atoms with Crippen molar-refractivity contribution in [1.82, 2.24) is 0 Å². The van der Waals surface area contributed by atoms with Gasteiger partial charge in [-0.05, 0) is 22.9 Å². The number of hydrogen-bond donors (Lipinski definition) is 2. The Morgan fingerprint density at radius 1 is 1.72 bits per heavy atom. The molecular formula is C9H9BrFN3O4. The first-order valence-corrected chi connectivity index (χ1v) is 5.43. The molecule has 98 valence electrons. The predicted octanol–water partition coefficient (Wildman–Crippen LogP) is 2.01. The van der Waals surface area contributed by atoms with Gasteiger partial charge in [-0.1, -0.05) is 5.16 Å². The summed E-state index contributed by atoms with van der Waals surface area (Å²) < 4.78 is 18.3. The average Bonchev–Trinajstić information content (AvgIpc) is 2.31. The topological polar surface area (TPSA) is 111 Å². The lowest BCUT2D eigenvalue weighted by molar-refractivity contribution is -0.386. The molecule has 1 unspecified atom stereocenters. The van der Waals surface area contributed by atoms with Crippen LogP contribution in [0.5, 0.6) is 5.75 Å². The number of oxime groups is 1. The first-order valence-electron chi connectivity index (χ1n) is 4.64. The number of ether oxygens (including phenoxy) is 1. The van der Waals surface area contributed by atoms with Crippen molar-refractivity contribution < 1.29 is 19.3 Å². The van der Waals surface area contributed by atoms with Gasteiger partial charge in [-0.25, -0.2) is 4.39 Å². The van der Waals surface area contributed by atoms with Crippen molar-refractivity contribution in [1.29, 1.82) is 0 Å². The summed E-state index contributed by atoms with van der Waals surface area (Å²) in [4.78, 5) is 10.1. The highest BCUT2D eigenvalue weighted by molar-refractivity contribution is 9.10. The Hall–Kier alpha value is -1.90. The normalized spacial score (nSPS) is 13.2. The summed E-state index contributed by atoms with van der Waals surface area (Å²) in [5.41, 5.74) is 4.83. The van der Waals surface area contributed by atoms with Gasteiger partial charge in [-0.3, -0.25) is 10.1 Å². The summed E-state index contributed by atoms with van der Waals surface area (Å²) in [6.45, 7) is 1.40. The minimum absolute atomic E-state index is 0.0574. The Morgan fingerprint density at radius 3 is 2.83 bits per heavy atom. The van der Waals surface area contributed by atoms with Crippen LogP contribution in [0.15, 0.2) is 21.8 Å². The number of nitro benzene ring substituents is 1. The number of rotatable bonds is 4. The molecule has 1 atom stereocenters. The maximum Gasteiger partial charge on any atom is 0.312 e. The van der Waals surface area contributed by atoms with Crippen LogP contribution < -0.4 is 10.5 Å². The van der Waals surface area contributed by atoms with E-state index in [-0.39, 0.29) is 16.1 Å². The Kier molecular flexibility index (Phi) is 4.43. The van der Waals surface area contributed by atoms with Crippen LogP contribution in [0.25, 0.3) is 0 Å². The quantitative estimate of drug-likeness (QED) is 0.290. The van der Waals surface area contributed by atoms with Gasteiger partial charge in [-0.2, -0.15) is 0 Å². The van der Waals surface area contributed by atoms with Gasteiger partial charge in [0.25, 0.3) is 0 Å². The highest BCUT2D eigenvalue weighted by Gasteiger charge is 2.22. The highest BCUT2D eigenvalue weighted by atomic mass is 79.9. The van der Waals surface area contributed by atoms with E-state index in [1.165, 1.54) is 6.92 Å². The van der Waals surface area contributed by atoms with Gasteiger partial charge in [0.05, 0.1) is 9.40 Å². The molecule has 9 heteroatoms. The fourth-order valence-electron chi connectivity index (χ4n) is 1.09. The van der Waals surface area contributed by atoms with Crippen molar-refractivity contribution in [2.24, 2.45) is 10.9 Å². The molecule has 0 aliphatic heterocycles. The minimum atomic E-state index is -0.936. The zero-order valence-electron chi connectivity index (χ0n) is 9.13. The van der Waals surface area contributed by atoms with Crippen molar-refractivity contribution in [3.63, 3.8) is 0 Å². The van der Waals surface area contributed by atoms with Gasteiger partial charge in [0.15, 0.2) is 11.9 Å². The van der Waals surface area contributed by atoms with E-state index < -0.39 is 22.5 Å². The van der Waals surface area contributed by atoms with Crippen molar-refractivity contribution >= 4 is 27.5 Å². The van der Waals surface area contributed by atoms with Crippen molar-refractivity contribution in [3.05, 3.63) is 32.5 Å². The fraction of sp³-hybridized carbons (Fsp3) is 0.222. The molecule has 0 spiro atoms. The lowest BCUT2D eigenvalue weighted by Crippen LogP contribution is -2.31. The summed E-state index contributed by atoms with van der Waals surface area (Å²) in [7, 11) is 0. The van der Waals surface area contributed by atoms with Crippen LogP contribution in [0.1, 0.15) is 6.92 Å². The maximum atomic E-state index is 13.3. The van der Waals surface area contributed by atoms with Crippen molar-refractivity contribution in [2.75, 3.05) is 0 Å². The van der Waals surface area contributed by atoms with Gasteiger partial charge in [0.2, 0.25) is 5.75 Å². The molecule has 0 bridgehead atoms. The lowest BCUT2D eigenvalue weighted by Gasteiger charge is -2.13. The molecule has 0 amide bonds. The van der Waals surface area contributed by atoms with E-state index in [0.29, 0.717) is 0 Å². The molecule has 0 heterocycles. The van der Waals surface area contributed by atoms with Crippen LogP contribution in [0.3, 0.4) is 0 Å². The molecule has 18 heavy (non-hydrogen) atoms. The minimum Gasteiger partial charge on any atom is -0.475 e. The molecule has 7 nitrogen and oxygen atoms in total. The van der Waals surface area contributed by atoms with E-state index in [1.807, 2.05) is 0 Å². The molecular weight excluding hydrogens is 313 g/mol. The molecule has 1 aromatic carbocycles. The zero-order valence-corrected chi connectivity index (χ0v) is 10.7. The molecule has 0 aliphatic rings. The fourth-order valence-corrected chi connectivity index (χ4v) is 1.42. The monoisotopic (exact) mass is 321 g/mol. The van der Waals surface area contributed by atoms with E-state index in [4.69, 9.17) is 15.7 Å². The van der Waals surface area contributed by atoms with Gasteiger partial charge in [0, 0.05) is 12.1 Å². The SMILES string of the molecule is CC(Oc1cc(F)c(Br)cc1[N+](=O)[O-])/C(N)=N/O. The molecule has 0 fully saturated rings. The number of nitro groups is 1.